The Morgan fingerprint density at radius 2 is 1.93 bits per heavy atom. The lowest BCUT2D eigenvalue weighted by atomic mass is 10.1. The third kappa shape index (κ3) is 4.42. The first-order valence-corrected chi connectivity index (χ1v) is 9.26. The van der Waals surface area contributed by atoms with Crippen LogP contribution in [0.3, 0.4) is 0 Å². The number of carbonyl (C=O) groups is 1. The summed E-state index contributed by atoms with van der Waals surface area (Å²) in [5, 5.41) is 5.35. The zero-order valence-electron chi connectivity index (χ0n) is 14.9. The lowest BCUT2D eigenvalue weighted by molar-refractivity contribution is -0.146. The Labute approximate surface area is 163 Å². The van der Waals surface area contributed by atoms with Crippen molar-refractivity contribution in [3.63, 3.8) is 0 Å². The molecule has 0 radical (unpaired) electrons. The van der Waals surface area contributed by atoms with E-state index in [0.29, 0.717) is 26.5 Å². The first-order chi connectivity index (χ1) is 12.8. The van der Waals surface area contributed by atoms with Gasteiger partial charge in [0.15, 0.2) is 0 Å². The summed E-state index contributed by atoms with van der Waals surface area (Å²) < 4.78 is 21.2. The zero-order valence-corrected chi connectivity index (χ0v) is 16.5. The van der Waals surface area contributed by atoms with Crippen LogP contribution in [0.1, 0.15) is 25.1 Å². The van der Waals surface area contributed by atoms with Gasteiger partial charge in [0, 0.05) is 15.4 Å². The Hall–Kier alpha value is -2.54. The van der Waals surface area contributed by atoms with Crippen LogP contribution in [0.4, 0.5) is 4.39 Å². The standard InChI is InChI=1S/C20H18BrFN2O3/c1-12(2)27-19(25)10-18-15-5-3-4-6-16(15)20(26)24(23-18)11-13-7-8-14(21)9-17(13)22/h3-9,12H,10-11H2,1-2H3. The largest absolute Gasteiger partial charge is 0.463 e. The van der Waals surface area contributed by atoms with Gasteiger partial charge >= 0.3 is 5.97 Å². The molecule has 140 valence electrons. The van der Waals surface area contributed by atoms with Crippen molar-refractivity contribution in [3.8, 4) is 0 Å². The molecule has 0 saturated heterocycles. The number of halogens is 2. The van der Waals surface area contributed by atoms with Crippen LogP contribution in [0, 0.1) is 5.82 Å². The maximum absolute atomic E-state index is 14.2. The van der Waals surface area contributed by atoms with Crippen LogP contribution < -0.4 is 5.56 Å². The molecule has 0 aliphatic rings. The Morgan fingerprint density at radius 1 is 1.22 bits per heavy atom. The number of benzene rings is 2. The minimum Gasteiger partial charge on any atom is -0.463 e. The molecule has 5 nitrogen and oxygen atoms in total. The van der Waals surface area contributed by atoms with Gasteiger partial charge in [-0.25, -0.2) is 9.07 Å². The van der Waals surface area contributed by atoms with Crippen molar-refractivity contribution in [2.75, 3.05) is 0 Å². The van der Waals surface area contributed by atoms with Crippen molar-refractivity contribution < 1.29 is 13.9 Å². The van der Waals surface area contributed by atoms with Gasteiger partial charge in [0.05, 0.1) is 30.1 Å². The average Bonchev–Trinajstić information content (AvgIpc) is 2.60. The molecule has 0 aliphatic carbocycles. The van der Waals surface area contributed by atoms with Crippen LogP contribution >= 0.6 is 15.9 Å². The van der Waals surface area contributed by atoms with E-state index < -0.39 is 11.8 Å². The van der Waals surface area contributed by atoms with Crippen LogP contribution in [0.15, 0.2) is 51.7 Å². The summed E-state index contributed by atoms with van der Waals surface area (Å²) in [5.41, 5.74) is 0.418. The second-order valence-corrected chi connectivity index (χ2v) is 7.32. The van der Waals surface area contributed by atoms with E-state index in [0.717, 1.165) is 0 Å². The number of hydrogen-bond donors (Lipinski definition) is 0. The normalized spacial score (nSPS) is 11.1. The van der Waals surface area contributed by atoms with E-state index in [1.807, 2.05) is 0 Å². The van der Waals surface area contributed by atoms with E-state index in [1.54, 1.807) is 50.2 Å². The minimum absolute atomic E-state index is 0.0327. The van der Waals surface area contributed by atoms with Crippen molar-refractivity contribution in [3.05, 3.63) is 74.4 Å². The molecule has 0 amide bonds. The predicted octanol–water partition coefficient (Wildman–Crippen LogP) is 3.84. The van der Waals surface area contributed by atoms with Gasteiger partial charge in [-0.1, -0.05) is 40.2 Å². The van der Waals surface area contributed by atoms with Gasteiger partial charge in [0.1, 0.15) is 5.82 Å². The van der Waals surface area contributed by atoms with Crippen LogP contribution in [-0.4, -0.2) is 21.9 Å². The Morgan fingerprint density at radius 3 is 2.59 bits per heavy atom. The molecule has 27 heavy (non-hydrogen) atoms. The fourth-order valence-electron chi connectivity index (χ4n) is 2.80. The number of fused-ring (bicyclic) bond motifs is 1. The van der Waals surface area contributed by atoms with E-state index in [4.69, 9.17) is 4.74 Å². The van der Waals surface area contributed by atoms with Crippen molar-refractivity contribution in [2.24, 2.45) is 0 Å². The lowest BCUT2D eigenvalue weighted by Crippen LogP contribution is -2.27. The molecule has 0 fully saturated rings. The summed E-state index contributed by atoms with van der Waals surface area (Å²) in [7, 11) is 0. The molecule has 7 heteroatoms. The average molecular weight is 433 g/mol. The van der Waals surface area contributed by atoms with E-state index in [-0.39, 0.29) is 24.6 Å². The Balaban J connectivity index is 2.06. The molecule has 3 rings (SSSR count). The fourth-order valence-corrected chi connectivity index (χ4v) is 3.13. The highest BCUT2D eigenvalue weighted by Gasteiger charge is 2.16. The van der Waals surface area contributed by atoms with Crippen LogP contribution in [0.5, 0.6) is 0 Å². The highest BCUT2D eigenvalue weighted by molar-refractivity contribution is 9.10. The topological polar surface area (TPSA) is 61.2 Å². The maximum Gasteiger partial charge on any atom is 0.312 e. The Bertz CT molecular complexity index is 1060. The summed E-state index contributed by atoms with van der Waals surface area (Å²) in [6.45, 7) is 3.50. The van der Waals surface area contributed by atoms with Crippen LogP contribution in [-0.2, 0) is 22.5 Å². The van der Waals surface area contributed by atoms with Crippen LogP contribution in [0.25, 0.3) is 10.8 Å². The predicted molar refractivity (Wildman–Crippen MR) is 104 cm³/mol. The molecule has 0 aliphatic heterocycles. The van der Waals surface area contributed by atoms with Gasteiger partial charge < -0.3 is 4.74 Å². The van der Waals surface area contributed by atoms with E-state index >= 15 is 0 Å². The summed E-state index contributed by atoms with van der Waals surface area (Å²) in [4.78, 5) is 24.9. The number of nitrogens with zero attached hydrogens (tertiary/aromatic N) is 2. The third-order valence-electron chi connectivity index (χ3n) is 3.96. The quantitative estimate of drug-likeness (QED) is 0.574. The molecule has 0 spiro atoms. The van der Waals surface area contributed by atoms with Gasteiger partial charge in [-0.05, 0) is 32.0 Å². The summed E-state index contributed by atoms with van der Waals surface area (Å²) >= 11 is 3.21. The zero-order chi connectivity index (χ0) is 19.6. The first-order valence-electron chi connectivity index (χ1n) is 8.47. The van der Waals surface area contributed by atoms with Crippen molar-refractivity contribution in [2.45, 2.75) is 32.9 Å². The molecule has 0 unspecified atom stereocenters. The number of carbonyl (C=O) groups excluding carboxylic acids is 1. The Kier molecular flexibility index (Phi) is 5.70. The summed E-state index contributed by atoms with van der Waals surface area (Å²) in [6.07, 6.45) is -0.312. The molecule has 1 aromatic heterocycles. The highest BCUT2D eigenvalue weighted by Crippen LogP contribution is 2.18. The molecule has 2 aromatic carbocycles. The fraction of sp³-hybridized carbons (Fsp3) is 0.250. The van der Waals surface area contributed by atoms with E-state index in [2.05, 4.69) is 21.0 Å². The number of hydrogen-bond acceptors (Lipinski definition) is 4. The minimum atomic E-state index is -0.438. The molecular weight excluding hydrogens is 415 g/mol. The first kappa shape index (κ1) is 19.2. The highest BCUT2D eigenvalue weighted by atomic mass is 79.9. The molecule has 0 saturated carbocycles. The molecule has 0 bridgehead atoms. The lowest BCUT2D eigenvalue weighted by Gasteiger charge is -2.12. The van der Waals surface area contributed by atoms with Gasteiger partial charge in [0.2, 0.25) is 0 Å². The molecule has 0 atom stereocenters. The molecular formula is C20H18BrFN2O3. The van der Waals surface area contributed by atoms with Crippen molar-refractivity contribution >= 4 is 32.7 Å². The molecule has 0 N–H and O–H groups in total. The summed E-state index contributed by atoms with van der Waals surface area (Å²) in [5.74, 6) is -0.866. The number of aromatic nitrogens is 2. The molecule has 1 heterocycles. The molecule has 3 aromatic rings. The SMILES string of the molecule is CC(C)OC(=O)Cc1nn(Cc2ccc(Br)cc2F)c(=O)c2ccccc12. The van der Waals surface area contributed by atoms with Gasteiger partial charge in [-0.15, -0.1) is 0 Å². The van der Waals surface area contributed by atoms with Gasteiger partial charge in [-0.3, -0.25) is 9.59 Å². The number of rotatable bonds is 5. The van der Waals surface area contributed by atoms with E-state index in [1.165, 1.54) is 10.7 Å². The van der Waals surface area contributed by atoms with Crippen molar-refractivity contribution in [1.29, 1.82) is 0 Å². The third-order valence-corrected chi connectivity index (χ3v) is 4.45. The number of ether oxygens (including phenoxy) is 1. The second kappa shape index (κ2) is 8.00. The smallest absolute Gasteiger partial charge is 0.312 e. The number of esters is 1. The van der Waals surface area contributed by atoms with Crippen LogP contribution in [0.2, 0.25) is 0 Å². The monoisotopic (exact) mass is 432 g/mol. The van der Waals surface area contributed by atoms with Crippen molar-refractivity contribution in [1.82, 2.24) is 9.78 Å². The van der Waals surface area contributed by atoms with Gasteiger partial charge in [0.25, 0.3) is 5.56 Å². The second-order valence-electron chi connectivity index (χ2n) is 6.41. The maximum atomic E-state index is 14.2. The summed E-state index contributed by atoms with van der Waals surface area (Å²) in [6, 6.07) is 11.6. The van der Waals surface area contributed by atoms with E-state index in [9.17, 15) is 14.0 Å². The van der Waals surface area contributed by atoms with Gasteiger partial charge in [-0.2, -0.15) is 5.10 Å².